The predicted octanol–water partition coefficient (Wildman–Crippen LogP) is 4.55. The molecule has 1 aromatic heterocycles. The van der Waals surface area contributed by atoms with Gasteiger partial charge in [-0.15, -0.1) is 0 Å². The second-order valence-corrected chi connectivity index (χ2v) is 10.8. The average Bonchev–Trinajstić information content (AvgIpc) is 3.21. The van der Waals surface area contributed by atoms with Crippen LogP contribution in [0.3, 0.4) is 0 Å². The summed E-state index contributed by atoms with van der Waals surface area (Å²) < 4.78 is 3.31. The van der Waals surface area contributed by atoms with Crippen LogP contribution < -0.4 is 0 Å². The number of amides is 1. The summed E-state index contributed by atoms with van der Waals surface area (Å²) >= 11 is 3.62. The quantitative estimate of drug-likeness (QED) is 0.491. The van der Waals surface area contributed by atoms with E-state index in [1.165, 1.54) is 0 Å². The number of para-hydroxylation sites is 2. The monoisotopic (exact) mass is 523 g/mol. The van der Waals surface area contributed by atoms with Crippen molar-refractivity contribution in [3.8, 4) is 5.69 Å². The summed E-state index contributed by atoms with van der Waals surface area (Å²) in [7, 11) is 0. The smallest absolute Gasteiger partial charge is 0.227 e. The van der Waals surface area contributed by atoms with Gasteiger partial charge in [-0.1, -0.05) is 34.1 Å². The second-order valence-electron chi connectivity index (χ2n) is 9.86. The first-order valence-electron chi connectivity index (χ1n) is 12.5. The molecule has 5 rings (SSSR count). The van der Waals surface area contributed by atoms with E-state index in [2.05, 4.69) is 85.4 Å². The molecule has 6 nitrogen and oxygen atoms in total. The summed E-state index contributed by atoms with van der Waals surface area (Å²) in [6.45, 7) is 10.7. The van der Waals surface area contributed by atoms with Crippen LogP contribution in [0.25, 0.3) is 16.7 Å². The number of imidazole rings is 1. The largest absolute Gasteiger partial charge is 0.340 e. The molecule has 2 aromatic carbocycles. The molecule has 34 heavy (non-hydrogen) atoms. The van der Waals surface area contributed by atoms with Gasteiger partial charge in [-0.05, 0) is 63.6 Å². The van der Waals surface area contributed by atoms with Crippen LogP contribution in [-0.4, -0.2) is 75.5 Å². The highest BCUT2D eigenvalue weighted by Gasteiger charge is 2.32. The minimum Gasteiger partial charge on any atom is -0.340 e. The van der Waals surface area contributed by atoms with E-state index in [1.807, 2.05) is 12.1 Å². The van der Waals surface area contributed by atoms with E-state index >= 15 is 0 Å². The van der Waals surface area contributed by atoms with Gasteiger partial charge in [-0.3, -0.25) is 19.2 Å². The van der Waals surface area contributed by atoms with E-state index in [9.17, 15) is 4.79 Å². The molecule has 1 atom stereocenters. The van der Waals surface area contributed by atoms with Gasteiger partial charge in [0.15, 0.2) is 0 Å². The molecular weight excluding hydrogens is 490 g/mol. The minimum atomic E-state index is 0.0862. The predicted molar refractivity (Wildman–Crippen MR) is 140 cm³/mol. The summed E-state index contributed by atoms with van der Waals surface area (Å²) in [5.74, 6) is 1.45. The molecule has 3 heterocycles. The molecular formula is C27H34BrN5O. The van der Waals surface area contributed by atoms with Crippen molar-refractivity contribution in [2.75, 3.05) is 39.3 Å². The Hall–Kier alpha value is -2.22. The normalized spacial score (nSPS) is 20.4. The van der Waals surface area contributed by atoms with Crippen LogP contribution in [0.4, 0.5) is 0 Å². The fraction of sp³-hybridized carbons (Fsp3) is 0.481. The Kier molecular flexibility index (Phi) is 7.04. The molecule has 0 spiro atoms. The lowest BCUT2D eigenvalue weighted by atomic mass is 9.96. The van der Waals surface area contributed by atoms with Gasteiger partial charge in [0.2, 0.25) is 5.91 Å². The Morgan fingerprint density at radius 3 is 2.62 bits per heavy atom. The second kappa shape index (κ2) is 10.2. The number of hydrogen-bond donors (Lipinski definition) is 0. The van der Waals surface area contributed by atoms with Crippen molar-refractivity contribution >= 4 is 32.9 Å². The van der Waals surface area contributed by atoms with Gasteiger partial charge in [0.05, 0.1) is 23.5 Å². The molecule has 0 unspecified atom stereocenters. The van der Waals surface area contributed by atoms with Crippen LogP contribution in [0.15, 0.2) is 53.0 Å². The Labute approximate surface area is 210 Å². The third kappa shape index (κ3) is 4.92. The van der Waals surface area contributed by atoms with Gasteiger partial charge >= 0.3 is 0 Å². The third-order valence-electron chi connectivity index (χ3n) is 7.27. The maximum Gasteiger partial charge on any atom is 0.227 e. The van der Waals surface area contributed by atoms with Crippen molar-refractivity contribution in [1.82, 2.24) is 24.3 Å². The number of piperidine rings is 1. The van der Waals surface area contributed by atoms with Gasteiger partial charge < -0.3 is 4.90 Å². The molecule has 0 N–H and O–H groups in total. The summed E-state index contributed by atoms with van der Waals surface area (Å²) in [5.41, 5.74) is 3.22. The fourth-order valence-corrected chi connectivity index (χ4v) is 5.79. The molecule has 0 bridgehead atoms. The first-order chi connectivity index (χ1) is 16.5. The zero-order valence-corrected chi connectivity index (χ0v) is 21.7. The van der Waals surface area contributed by atoms with E-state index in [1.54, 1.807) is 0 Å². The molecule has 2 aliphatic heterocycles. The number of aromatic nitrogens is 2. The topological polar surface area (TPSA) is 44.6 Å². The van der Waals surface area contributed by atoms with Gasteiger partial charge in [0.1, 0.15) is 5.82 Å². The number of fused-ring (bicyclic) bond motifs is 1. The number of likely N-dealkylation sites (tertiary alicyclic amines) is 1. The Morgan fingerprint density at radius 1 is 1.06 bits per heavy atom. The van der Waals surface area contributed by atoms with Crippen LogP contribution in [-0.2, 0) is 11.3 Å². The maximum absolute atomic E-state index is 13.3. The molecule has 2 fully saturated rings. The van der Waals surface area contributed by atoms with Crippen molar-refractivity contribution in [2.24, 2.45) is 5.92 Å². The third-order valence-corrected chi connectivity index (χ3v) is 7.77. The summed E-state index contributed by atoms with van der Waals surface area (Å²) in [5, 5.41) is 0. The molecule has 7 heteroatoms. The van der Waals surface area contributed by atoms with Crippen molar-refractivity contribution in [2.45, 2.75) is 39.3 Å². The standard InChI is InChI=1S/C27H34BrN5O/c1-20(2)31-13-15-32(16-14-31)27(34)21-7-6-12-30(18-21)19-26-29-24-10-3-4-11-25(24)33(26)23-9-5-8-22(28)17-23/h3-5,8-11,17,20-21H,6-7,12-16,18-19H2,1-2H3/t21-/m1/s1. The summed E-state index contributed by atoms with van der Waals surface area (Å²) in [6.07, 6.45) is 2.04. The Balaban J connectivity index is 1.33. The first-order valence-corrected chi connectivity index (χ1v) is 13.3. The van der Waals surface area contributed by atoms with Crippen molar-refractivity contribution < 1.29 is 4.79 Å². The van der Waals surface area contributed by atoms with E-state index in [-0.39, 0.29) is 5.92 Å². The SMILES string of the molecule is CC(C)N1CCN(C(=O)[C@@H]2CCCN(Cc3nc4ccccc4n3-c3cccc(Br)c3)C2)CC1. The number of benzene rings is 2. The van der Waals surface area contributed by atoms with E-state index in [0.717, 1.165) is 85.7 Å². The number of halogens is 1. The zero-order chi connectivity index (χ0) is 23.7. The molecule has 2 saturated heterocycles. The number of rotatable bonds is 5. The molecule has 0 aliphatic carbocycles. The van der Waals surface area contributed by atoms with Crippen LogP contribution in [0, 0.1) is 5.92 Å². The van der Waals surface area contributed by atoms with E-state index in [4.69, 9.17) is 4.98 Å². The first kappa shape index (κ1) is 23.5. The van der Waals surface area contributed by atoms with Crippen LogP contribution in [0.2, 0.25) is 0 Å². The fourth-order valence-electron chi connectivity index (χ4n) is 5.40. The van der Waals surface area contributed by atoms with Crippen LogP contribution in [0.1, 0.15) is 32.5 Å². The molecule has 2 aliphatic rings. The van der Waals surface area contributed by atoms with Crippen LogP contribution >= 0.6 is 15.9 Å². The number of carbonyl (C=O) groups is 1. The molecule has 0 radical (unpaired) electrons. The lowest BCUT2D eigenvalue weighted by Crippen LogP contribution is -2.53. The van der Waals surface area contributed by atoms with Crippen molar-refractivity contribution in [1.29, 1.82) is 0 Å². The van der Waals surface area contributed by atoms with Gasteiger partial charge in [0.25, 0.3) is 0 Å². The number of hydrogen-bond acceptors (Lipinski definition) is 4. The lowest BCUT2D eigenvalue weighted by Gasteiger charge is -2.40. The highest BCUT2D eigenvalue weighted by atomic mass is 79.9. The van der Waals surface area contributed by atoms with Crippen molar-refractivity contribution in [3.05, 3.63) is 58.8 Å². The van der Waals surface area contributed by atoms with Gasteiger partial charge in [-0.25, -0.2) is 4.98 Å². The number of carbonyl (C=O) groups excluding carboxylic acids is 1. The van der Waals surface area contributed by atoms with E-state index in [0.29, 0.717) is 11.9 Å². The number of piperazine rings is 1. The summed E-state index contributed by atoms with van der Waals surface area (Å²) in [4.78, 5) is 25.3. The average molecular weight is 525 g/mol. The Morgan fingerprint density at radius 2 is 1.85 bits per heavy atom. The minimum absolute atomic E-state index is 0.0862. The molecule has 180 valence electrons. The molecule has 1 amide bonds. The van der Waals surface area contributed by atoms with E-state index < -0.39 is 0 Å². The summed E-state index contributed by atoms with van der Waals surface area (Å²) in [6, 6.07) is 17.2. The highest BCUT2D eigenvalue weighted by molar-refractivity contribution is 9.10. The van der Waals surface area contributed by atoms with Gasteiger partial charge in [-0.2, -0.15) is 0 Å². The Bertz CT molecular complexity index is 1150. The van der Waals surface area contributed by atoms with Crippen LogP contribution in [0.5, 0.6) is 0 Å². The highest BCUT2D eigenvalue weighted by Crippen LogP contribution is 2.27. The van der Waals surface area contributed by atoms with Gasteiger partial charge in [0, 0.05) is 48.9 Å². The molecule has 3 aromatic rings. The lowest BCUT2D eigenvalue weighted by molar-refractivity contribution is -0.139. The molecule has 0 saturated carbocycles. The zero-order valence-electron chi connectivity index (χ0n) is 20.2. The maximum atomic E-state index is 13.3. The number of nitrogens with zero attached hydrogens (tertiary/aromatic N) is 5. The van der Waals surface area contributed by atoms with Crippen molar-refractivity contribution in [3.63, 3.8) is 0 Å².